The van der Waals surface area contributed by atoms with Crippen molar-refractivity contribution in [1.29, 1.82) is 0 Å². The van der Waals surface area contributed by atoms with Crippen molar-refractivity contribution in [2.45, 2.75) is 11.3 Å². The van der Waals surface area contributed by atoms with Crippen LogP contribution in [0.2, 0.25) is 5.02 Å². The van der Waals surface area contributed by atoms with E-state index in [0.717, 1.165) is 0 Å². The van der Waals surface area contributed by atoms with Crippen LogP contribution in [0.4, 0.5) is 4.39 Å². The molecule has 0 N–H and O–H groups in total. The summed E-state index contributed by atoms with van der Waals surface area (Å²) < 4.78 is 24.5. The fraction of sp³-hybridized carbons (Fsp3) is 0.333. The quantitative estimate of drug-likeness (QED) is 0.347. The van der Waals surface area contributed by atoms with Crippen LogP contribution >= 0.6 is 11.6 Å². The zero-order valence-corrected chi connectivity index (χ0v) is 9.84. The highest BCUT2D eigenvalue weighted by Crippen LogP contribution is 2.18. The SMILES string of the molecule is [N-]=[N+]=NCCCS(=O)c1ccc(F)c(Cl)c1. The number of rotatable bonds is 5. The summed E-state index contributed by atoms with van der Waals surface area (Å²) >= 11 is 5.57. The number of azide groups is 1. The molecule has 0 amide bonds. The number of benzene rings is 1. The minimum absolute atomic E-state index is 0.0408. The second-order valence-electron chi connectivity index (χ2n) is 2.93. The Balaban J connectivity index is 2.59. The third kappa shape index (κ3) is 3.81. The molecular formula is C9H9ClFN3OS. The highest BCUT2D eigenvalue weighted by Gasteiger charge is 2.06. The summed E-state index contributed by atoms with van der Waals surface area (Å²) in [4.78, 5) is 3.07. The molecule has 1 rings (SSSR count). The first-order chi connectivity index (χ1) is 7.65. The van der Waals surface area contributed by atoms with E-state index in [4.69, 9.17) is 17.1 Å². The van der Waals surface area contributed by atoms with Crippen molar-refractivity contribution in [2.24, 2.45) is 5.11 Å². The zero-order chi connectivity index (χ0) is 12.0. The van der Waals surface area contributed by atoms with Gasteiger partial charge in [-0.25, -0.2) is 4.39 Å². The van der Waals surface area contributed by atoms with Crippen molar-refractivity contribution < 1.29 is 8.60 Å². The molecule has 86 valence electrons. The van der Waals surface area contributed by atoms with Crippen LogP contribution in [-0.4, -0.2) is 16.5 Å². The molecule has 1 unspecified atom stereocenters. The average molecular weight is 262 g/mol. The lowest BCUT2D eigenvalue weighted by molar-refractivity contribution is 0.626. The van der Waals surface area contributed by atoms with Gasteiger partial charge in [0.15, 0.2) is 0 Å². The van der Waals surface area contributed by atoms with Gasteiger partial charge in [0.25, 0.3) is 0 Å². The molecule has 0 spiro atoms. The molecule has 0 aromatic heterocycles. The molecule has 0 saturated carbocycles. The van der Waals surface area contributed by atoms with Gasteiger partial charge in [0.1, 0.15) is 5.82 Å². The molecule has 0 saturated heterocycles. The first kappa shape index (κ1) is 13.0. The average Bonchev–Trinajstić information content (AvgIpc) is 2.28. The van der Waals surface area contributed by atoms with Crippen LogP contribution in [0.25, 0.3) is 10.4 Å². The fourth-order valence-electron chi connectivity index (χ4n) is 1.05. The van der Waals surface area contributed by atoms with Crippen LogP contribution in [0.3, 0.4) is 0 Å². The minimum atomic E-state index is -1.24. The predicted molar refractivity (Wildman–Crippen MR) is 61.3 cm³/mol. The molecule has 0 aliphatic carbocycles. The van der Waals surface area contributed by atoms with Gasteiger partial charge in [-0.05, 0) is 30.2 Å². The van der Waals surface area contributed by atoms with Gasteiger partial charge < -0.3 is 0 Å². The molecule has 0 radical (unpaired) electrons. The van der Waals surface area contributed by atoms with E-state index in [-0.39, 0.29) is 5.02 Å². The summed E-state index contributed by atoms with van der Waals surface area (Å²) in [6.45, 7) is 0.303. The second-order valence-corrected chi connectivity index (χ2v) is 4.91. The molecule has 4 nitrogen and oxygen atoms in total. The Kier molecular flexibility index (Phi) is 5.25. The number of hydrogen-bond acceptors (Lipinski definition) is 2. The summed E-state index contributed by atoms with van der Waals surface area (Å²) in [5.74, 6) is -0.169. The normalized spacial score (nSPS) is 11.9. The van der Waals surface area contributed by atoms with E-state index < -0.39 is 16.6 Å². The molecule has 0 aliphatic heterocycles. The van der Waals surface area contributed by atoms with Crippen molar-refractivity contribution in [3.8, 4) is 0 Å². The van der Waals surface area contributed by atoms with Gasteiger partial charge in [-0.1, -0.05) is 16.7 Å². The number of halogens is 2. The van der Waals surface area contributed by atoms with Crippen molar-refractivity contribution in [3.05, 3.63) is 39.5 Å². The Hall–Kier alpha value is -1.10. The molecule has 0 bridgehead atoms. The summed E-state index contributed by atoms with van der Waals surface area (Å²) in [6, 6.07) is 3.97. The summed E-state index contributed by atoms with van der Waals surface area (Å²) in [6.07, 6.45) is 0.520. The van der Waals surface area contributed by atoms with E-state index in [1.807, 2.05) is 0 Å². The number of hydrogen-bond donors (Lipinski definition) is 0. The lowest BCUT2D eigenvalue weighted by atomic mass is 10.3. The molecule has 1 aromatic rings. The van der Waals surface area contributed by atoms with Crippen LogP contribution in [0.1, 0.15) is 6.42 Å². The van der Waals surface area contributed by atoms with E-state index in [0.29, 0.717) is 23.6 Å². The van der Waals surface area contributed by atoms with Gasteiger partial charge in [-0.2, -0.15) is 0 Å². The van der Waals surface area contributed by atoms with E-state index >= 15 is 0 Å². The van der Waals surface area contributed by atoms with E-state index in [1.54, 1.807) is 0 Å². The summed E-state index contributed by atoms with van der Waals surface area (Å²) in [5.41, 5.74) is 8.04. The molecule has 0 aliphatic rings. The Bertz CT molecular complexity index is 448. The molecular weight excluding hydrogens is 253 g/mol. The number of nitrogens with zero attached hydrogens (tertiary/aromatic N) is 3. The predicted octanol–water partition coefficient (Wildman–Crippen LogP) is 3.29. The standard InChI is InChI=1S/C9H9ClFN3OS/c10-8-6-7(2-3-9(8)11)16(15)5-1-4-13-14-12/h2-3,6H,1,4-5H2. The van der Waals surface area contributed by atoms with E-state index in [1.165, 1.54) is 18.2 Å². The first-order valence-electron chi connectivity index (χ1n) is 4.49. The van der Waals surface area contributed by atoms with E-state index in [2.05, 4.69) is 10.0 Å². The van der Waals surface area contributed by atoms with Crippen molar-refractivity contribution in [2.75, 3.05) is 12.3 Å². The fourth-order valence-corrected chi connectivity index (χ4v) is 2.39. The Morgan fingerprint density at radius 1 is 1.56 bits per heavy atom. The highest BCUT2D eigenvalue weighted by atomic mass is 35.5. The molecule has 0 heterocycles. The maximum Gasteiger partial charge on any atom is 0.141 e. The summed E-state index contributed by atoms with van der Waals surface area (Å²) in [5, 5.41) is 3.29. The van der Waals surface area contributed by atoms with Gasteiger partial charge in [0.05, 0.1) is 15.8 Å². The van der Waals surface area contributed by atoms with E-state index in [9.17, 15) is 8.60 Å². The third-order valence-corrected chi connectivity index (χ3v) is 3.53. The molecule has 7 heteroatoms. The Morgan fingerprint density at radius 2 is 2.31 bits per heavy atom. The van der Waals surface area contributed by atoms with Crippen LogP contribution in [0.5, 0.6) is 0 Å². The molecule has 1 atom stereocenters. The lowest BCUT2D eigenvalue weighted by Crippen LogP contribution is -2.00. The highest BCUT2D eigenvalue weighted by molar-refractivity contribution is 7.85. The van der Waals surface area contributed by atoms with Gasteiger partial charge in [0.2, 0.25) is 0 Å². The minimum Gasteiger partial charge on any atom is -0.254 e. The van der Waals surface area contributed by atoms with Gasteiger partial charge >= 0.3 is 0 Å². The topological polar surface area (TPSA) is 65.8 Å². The van der Waals surface area contributed by atoms with Crippen molar-refractivity contribution >= 4 is 22.4 Å². The van der Waals surface area contributed by atoms with Crippen molar-refractivity contribution in [3.63, 3.8) is 0 Å². The molecule has 16 heavy (non-hydrogen) atoms. The third-order valence-electron chi connectivity index (χ3n) is 1.81. The molecule has 0 fully saturated rings. The van der Waals surface area contributed by atoms with Crippen LogP contribution < -0.4 is 0 Å². The van der Waals surface area contributed by atoms with Gasteiger partial charge in [0, 0.05) is 22.1 Å². The lowest BCUT2D eigenvalue weighted by Gasteiger charge is -2.02. The monoisotopic (exact) mass is 261 g/mol. The van der Waals surface area contributed by atoms with Crippen LogP contribution in [-0.2, 0) is 10.8 Å². The van der Waals surface area contributed by atoms with Gasteiger partial charge in [-0.3, -0.25) is 4.21 Å². The zero-order valence-electron chi connectivity index (χ0n) is 8.27. The Labute approximate surface area is 99.5 Å². The maximum atomic E-state index is 12.8. The van der Waals surface area contributed by atoms with Crippen LogP contribution in [0, 0.1) is 5.82 Å². The smallest absolute Gasteiger partial charge is 0.141 e. The van der Waals surface area contributed by atoms with Gasteiger partial charge in [-0.15, -0.1) is 0 Å². The second kappa shape index (κ2) is 6.48. The largest absolute Gasteiger partial charge is 0.254 e. The maximum absolute atomic E-state index is 12.8. The Morgan fingerprint density at radius 3 is 2.94 bits per heavy atom. The molecule has 1 aromatic carbocycles. The van der Waals surface area contributed by atoms with Crippen LogP contribution in [0.15, 0.2) is 28.2 Å². The van der Waals surface area contributed by atoms with Crippen molar-refractivity contribution in [1.82, 2.24) is 0 Å². The summed E-state index contributed by atoms with van der Waals surface area (Å²) in [7, 11) is -1.24. The first-order valence-corrected chi connectivity index (χ1v) is 6.19.